The number of pyridine rings is 1. The van der Waals surface area contributed by atoms with Gasteiger partial charge in [0, 0.05) is 32.4 Å². The number of anilines is 1. The van der Waals surface area contributed by atoms with Crippen LogP contribution in [0.3, 0.4) is 0 Å². The van der Waals surface area contributed by atoms with Gasteiger partial charge < -0.3 is 14.9 Å². The van der Waals surface area contributed by atoms with Crippen molar-refractivity contribution in [3.63, 3.8) is 0 Å². The first-order chi connectivity index (χ1) is 9.36. The fourth-order valence-electron chi connectivity index (χ4n) is 2.46. The Morgan fingerprint density at radius 1 is 1.45 bits per heavy atom. The molecule has 1 atom stereocenters. The summed E-state index contributed by atoms with van der Waals surface area (Å²) in [5.74, 6) is -0.532. The number of carbonyl (C=O) groups is 2. The molecule has 2 rings (SSSR count). The second-order valence-corrected chi connectivity index (χ2v) is 5.44. The van der Waals surface area contributed by atoms with E-state index >= 15 is 0 Å². The van der Waals surface area contributed by atoms with Crippen molar-refractivity contribution in [2.75, 3.05) is 25.5 Å². The average Bonchev–Trinajstić information content (AvgIpc) is 2.81. The van der Waals surface area contributed by atoms with Crippen molar-refractivity contribution in [3.05, 3.63) is 23.9 Å². The molecule has 1 aliphatic rings. The molecule has 1 unspecified atom stereocenters. The molecule has 0 bridgehead atoms. The Labute approximate surface area is 118 Å². The molecule has 0 radical (unpaired) electrons. The molecule has 2 heterocycles. The van der Waals surface area contributed by atoms with E-state index < -0.39 is 11.5 Å². The number of carboxylic acid groups (broad SMARTS) is 1. The Morgan fingerprint density at radius 3 is 2.75 bits per heavy atom. The minimum Gasteiger partial charge on any atom is -0.480 e. The molecule has 1 fully saturated rings. The summed E-state index contributed by atoms with van der Waals surface area (Å²) in [6.45, 7) is 2.08. The summed E-state index contributed by atoms with van der Waals surface area (Å²) in [5, 5.41) is 9.37. The van der Waals surface area contributed by atoms with E-state index in [0.29, 0.717) is 30.8 Å². The van der Waals surface area contributed by atoms with Crippen molar-refractivity contribution in [1.29, 1.82) is 0 Å². The van der Waals surface area contributed by atoms with Crippen molar-refractivity contribution in [2.45, 2.75) is 25.3 Å². The van der Waals surface area contributed by atoms with E-state index in [-0.39, 0.29) is 5.91 Å². The van der Waals surface area contributed by atoms with Crippen LogP contribution in [-0.4, -0.2) is 53.0 Å². The molecule has 6 heteroatoms. The number of hydrogen-bond donors (Lipinski definition) is 1. The topological polar surface area (TPSA) is 73.7 Å². The number of likely N-dealkylation sites (tertiary alicyclic amines) is 1. The molecule has 1 aliphatic heterocycles. The molecule has 20 heavy (non-hydrogen) atoms. The maximum atomic E-state index is 12.6. The van der Waals surface area contributed by atoms with Gasteiger partial charge in [0.05, 0.1) is 0 Å². The SMILES string of the molecule is CN(C)c1cc(C(=O)N2CCCC2(C)C(=O)O)ccn1. The molecule has 1 aromatic rings. The molecular weight excluding hydrogens is 258 g/mol. The van der Waals surface area contributed by atoms with Crippen LogP contribution in [0.25, 0.3) is 0 Å². The number of aliphatic carboxylic acids is 1. The molecule has 1 saturated heterocycles. The molecule has 1 aromatic heterocycles. The van der Waals surface area contributed by atoms with Crippen LogP contribution in [0.5, 0.6) is 0 Å². The Morgan fingerprint density at radius 2 is 2.15 bits per heavy atom. The van der Waals surface area contributed by atoms with Gasteiger partial charge in [-0.1, -0.05) is 0 Å². The highest BCUT2D eigenvalue weighted by molar-refractivity contribution is 5.98. The number of hydrogen-bond acceptors (Lipinski definition) is 4. The van der Waals surface area contributed by atoms with Crippen LogP contribution in [0.1, 0.15) is 30.1 Å². The maximum Gasteiger partial charge on any atom is 0.329 e. The summed E-state index contributed by atoms with van der Waals surface area (Å²) in [6, 6.07) is 3.30. The molecule has 1 N–H and O–H groups in total. The highest BCUT2D eigenvalue weighted by Crippen LogP contribution is 2.31. The molecular formula is C14H19N3O3. The Bertz CT molecular complexity index is 544. The molecule has 1 amide bonds. The fourth-order valence-corrected chi connectivity index (χ4v) is 2.46. The zero-order valence-corrected chi connectivity index (χ0v) is 12.0. The number of amides is 1. The zero-order chi connectivity index (χ0) is 14.9. The molecule has 0 saturated carbocycles. The van der Waals surface area contributed by atoms with Crippen molar-refractivity contribution in [1.82, 2.24) is 9.88 Å². The first-order valence-corrected chi connectivity index (χ1v) is 6.55. The molecule has 108 valence electrons. The van der Waals surface area contributed by atoms with Crippen LogP contribution in [-0.2, 0) is 4.79 Å². The highest BCUT2D eigenvalue weighted by Gasteiger charge is 2.46. The summed E-state index contributed by atoms with van der Waals surface area (Å²) in [4.78, 5) is 31.4. The molecule has 6 nitrogen and oxygen atoms in total. The van der Waals surface area contributed by atoms with Crippen molar-refractivity contribution >= 4 is 17.7 Å². The fraction of sp³-hybridized carbons (Fsp3) is 0.500. The van der Waals surface area contributed by atoms with Gasteiger partial charge in [-0.05, 0) is 31.9 Å². The lowest BCUT2D eigenvalue weighted by Gasteiger charge is -2.31. The number of aromatic nitrogens is 1. The largest absolute Gasteiger partial charge is 0.480 e. The zero-order valence-electron chi connectivity index (χ0n) is 12.0. The normalized spacial score (nSPS) is 21.9. The summed E-state index contributed by atoms with van der Waals surface area (Å²) in [5.41, 5.74) is -0.642. The number of rotatable bonds is 3. The predicted octanol–water partition coefficient (Wildman–Crippen LogP) is 1.23. The predicted molar refractivity (Wildman–Crippen MR) is 74.9 cm³/mol. The smallest absolute Gasteiger partial charge is 0.329 e. The third-order valence-corrected chi connectivity index (χ3v) is 3.80. The van der Waals surface area contributed by atoms with E-state index in [2.05, 4.69) is 4.98 Å². The van der Waals surface area contributed by atoms with Gasteiger partial charge in [0.1, 0.15) is 11.4 Å². The van der Waals surface area contributed by atoms with Crippen molar-refractivity contribution < 1.29 is 14.7 Å². The standard InChI is InChI=1S/C14H19N3O3/c1-14(13(19)20)6-4-8-17(14)12(18)10-5-7-15-11(9-10)16(2)3/h5,7,9H,4,6,8H2,1-3H3,(H,19,20). The van der Waals surface area contributed by atoms with Crippen LogP contribution < -0.4 is 4.90 Å². The van der Waals surface area contributed by atoms with Crippen LogP contribution in [0.4, 0.5) is 5.82 Å². The van der Waals surface area contributed by atoms with Crippen LogP contribution in [0, 0.1) is 0 Å². The number of nitrogens with zero attached hydrogens (tertiary/aromatic N) is 3. The van der Waals surface area contributed by atoms with Crippen molar-refractivity contribution in [2.24, 2.45) is 0 Å². The molecule has 0 aromatic carbocycles. The average molecular weight is 277 g/mol. The van der Waals surface area contributed by atoms with Gasteiger partial charge in [0.2, 0.25) is 0 Å². The number of carboxylic acids is 1. The first kappa shape index (κ1) is 14.3. The monoisotopic (exact) mass is 277 g/mol. The summed E-state index contributed by atoms with van der Waals surface area (Å²) < 4.78 is 0. The second kappa shape index (κ2) is 5.11. The van der Waals surface area contributed by atoms with Crippen LogP contribution in [0.2, 0.25) is 0 Å². The maximum absolute atomic E-state index is 12.6. The van der Waals surface area contributed by atoms with Gasteiger partial charge in [0.25, 0.3) is 5.91 Å². The van der Waals surface area contributed by atoms with Gasteiger partial charge >= 0.3 is 5.97 Å². The Kier molecular flexibility index (Phi) is 3.65. The van der Waals surface area contributed by atoms with Crippen LogP contribution >= 0.6 is 0 Å². The summed E-state index contributed by atoms with van der Waals surface area (Å²) in [6.07, 6.45) is 2.76. The Hall–Kier alpha value is -2.11. The van der Waals surface area contributed by atoms with E-state index in [1.807, 2.05) is 14.1 Å². The summed E-state index contributed by atoms with van der Waals surface area (Å²) in [7, 11) is 3.68. The van der Waals surface area contributed by atoms with E-state index in [1.54, 1.807) is 30.2 Å². The third kappa shape index (κ3) is 2.33. The minimum atomic E-state index is -1.11. The Balaban J connectivity index is 2.32. The van der Waals surface area contributed by atoms with E-state index in [9.17, 15) is 14.7 Å². The van der Waals surface area contributed by atoms with E-state index in [4.69, 9.17) is 0 Å². The lowest BCUT2D eigenvalue weighted by Crippen LogP contribution is -2.50. The van der Waals surface area contributed by atoms with Gasteiger partial charge in [-0.3, -0.25) is 4.79 Å². The minimum absolute atomic E-state index is 0.252. The van der Waals surface area contributed by atoms with Crippen molar-refractivity contribution in [3.8, 4) is 0 Å². The lowest BCUT2D eigenvalue weighted by molar-refractivity contribution is -0.147. The quantitative estimate of drug-likeness (QED) is 0.899. The lowest BCUT2D eigenvalue weighted by atomic mass is 9.98. The van der Waals surface area contributed by atoms with E-state index in [1.165, 1.54) is 4.90 Å². The highest BCUT2D eigenvalue weighted by atomic mass is 16.4. The van der Waals surface area contributed by atoms with Gasteiger partial charge in [0.15, 0.2) is 0 Å². The molecule has 0 aliphatic carbocycles. The van der Waals surface area contributed by atoms with Crippen LogP contribution in [0.15, 0.2) is 18.3 Å². The van der Waals surface area contributed by atoms with E-state index in [0.717, 1.165) is 0 Å². The first-order valence-electron chi connectivity index (χ1n) is 6.55. The molecule has 0 spiro atoms. The second-order valence-electron chi connectivity index (χ2n) is 5.44. The summed E-state index contributed by atoms with van der Waals surface area (Å²) >= 11 is 0. The number of carbonyl (C=O) groups excluding carboxylic acids is 1. The van der Waals surface area contributed by atoms with Gasteiger partial charge in [-0.15, -0.1) is 0 Å². The third-order valence-electron chi connectivity index (χ3n) is 3.80. The van der Waals surface area contributed by atoms with Gasteiger partial charge in [-0.2, -0.15) is 0 Å². The van der Waals surface area contributed by atoms with Gasteiger partial charge in [-0.25, -0.2) is 9.78 Å².